The molecule has 0 aliphatic carbocycles. The molecule has 12 heteroatoms. The zero-order valence-electron chi connectivity index (χ0n) is 9.19. The van der Waals surface area contributed by atoms with Crippen molar-refractivity contribution in [3.63, 3.8) is 0 Å². The second-order valence-electron chi connectivity index (χ2n) is 3.39. The number of rotatable bonds is 3. The Labute approximate surface area is 107 Å². The van der Waals surface area contributed by atoms with E-state index in [2.05, 4.69) is 12.9 Å². The summed E-state index contributed by atoms with van der Waals surface area (Å²) in [5, 5.41) is 0. The Morgan fingerprint density at radius 1 is 0.947 bits per heavy atom. The van der Waals surface area contributed by atoms with Gasteiger partial charge in [-0.15, -0.1) is 0 Å². The molecule has 106 valence electrons. The van der Waals surface area contributed by atoms with Crippen molar-refractivity contribution in [3.8, 4) is 0 Å². The molecule has 2 unspecified atom stereocenters. The minimum Gasteiger partial charge on any atom is -0.302 e. The van der Waals surface area contributed by atoms with Crippen LogP contribution in [0, 0.1) is 0 Å². The van der Waals surface area contributed by atoms with E-state index >= 15 is 0 Å². The predicted octanol–water partition coefficient (Wildman–Crippen LogP) is 2.58. The lowest BCUT2D eigenvalue weighted by Gasteiger charge is -2.26. The molecular weight excluding hydrogens is 321 g/mol. The lowest BCUT2D eigenvalue weighted by Crippen LogP contribution is -2.06. The molecule has 1 aromatic carbocycles. The Balaban J connectivity index is 2.12. The highest BCUT2D eigenvalue weighted by Gasteiger charge is 2.54. The molecule has 1 aliphatic heterocycles. The van der Waals surface area contributed by atoms with Crippen LogP contribution >= 0.6 is 23.5 Å². The van der Waals surface area contributed by atoms with Gasteiger partial charge in [0.2, 0.25) is 0 Å². The third kappa shape index (κ3) is 4.33. The van der Waals surface area contributed by atoms with Gasteiger partial charge in [-0.1, -0.05) is 30.3 Å². The molecule has 1 saturated heterocycles. The van der Waals surface area contributed by atoms with E-state index in [0.717, 1.165) is 0 Å². The summed E-state index contributed by atoms with van der Waals surface area (Å²) in [6, 6.07) is 8.31. The molecule has 2 atom stereocenters. The summed E-state index contributed by atoms with van der Waals surface area (Å²) in [4.78, 5) is 18.0. The van der Waals surface area contributed by atoms with Gasteiger partial charge in [0.15, 0.2) is 0 Å². The van der Waals surface area contributed by atoms with E-state index in [1.54, 1.807) is 30.3 Å². The molecular formula is C7H9O9P3. The molecule has 1 aromatic rings. The summed E-state index contributed by atoms with van der Waals surface area (Å²) in [5.41, 5.74) is 0.553. The first-order valence-corrected chi connectivity index (χ1v) is 9.23. The van der Waals surface area contributed by atoms with Gasteiger partial charge < -0.3 is 9.79 Å². The van der Waals surface area contributed by atoms with Crippen molar-refractivity contribution in [2.75, 3.05) is 0 Å². The van der Waals surface area contributed by atoms with E-state index in [1.807, 2.05) is 0 Å². The van der Waals surface area contributed by atoms with Gasteiger partial charge >= 0.3 is 23.5 Å². The number of hydrogen-bond donors (Lipinski definition) is 2. The van der Waals surface area contributed by atoms with Crippen LogP contribution in [0.3, 0.4) is 0 Å². The van der Waals surface area contributed by atoms with E-state index in [1.165, 1.54) is 0 Å². The monoisotopic (exact) mass is 330 g/mol. The maximum Gasteiger partial charge on any atom is 0.492 e. The van der Waals surface area contributed by atoms with Crippen LogP contribution in [0.4, 0.5) is 0 Å². The smallest absolute Gasteiger partial charge is 0.302 e. The molecule has 9 nitrogen and oxygen atoms in total. The average molecular weight is 330 g/mol. The van der Waals surface area contributed by atoms with Crippen LogP contribution in [-0.4, -0.2) is 9.79 Å². The fourth-order valence-corrected chi connectivity index (χ4v) is 6.11. The first kappa shape index (κ1) is 15.1. The highest BCUT2D eigenvalue weighted by molar-refractivity contribution is 7.74. The summed E-state index contributed by atoms with van der Waals surface area (Å²) in [6.45, 7) is -0.307. The molecule has 19 heavy (non-hydrogen) atoms. The second-order valence-corrected chi connectivity index (χ2v) is 8.37. The van der Waals surface area contributed by atoms with Gasteiger partial charge in [-0.2, -0.15) is 12.9 Å². The lowest BCUT2D eigenvalue weighted by atomic mass is 10.2. The quantitative estimate of drug-likeness (QED) is 0.803. The fourth-order valence-electron chi connectivity index (χ4n) is 1.20. The van der Waals surface area contributed by atoms with E-state index in [0.29, 0.717) is 5.56 Å². The Morgan fingerprint density at radius 2 is 1.47 bits per heavy atom. The highest BCUT2D eigenvalue weighted by Crippen LogP contribution is 2.80. The van der Waals surface area contributed by atoms with Crippen molar-refractivity contribution in [2.24, 2.45) is 0 Å². The van der Waals surface area contributed by atoms with Gasteiger partial charge in [-0.05, 0) is 5.56 Å². The number of hydrogen-bond acceptors (Lipinski definition) is 7. The maximum absolute atomic E-state index is 11.8. The molecule has 1 fully saturated rings. The van der Waals surface area contributed by atoms with Gasteiger partial charge in [-0.3, -0.25) is 4.52 Å². The maximum atomic E-state index is 11.8. The summed E-state index contributed by atoms with van der Waals surface area (Å²) in [6.07, 6.45) is 0. The van der Waals surface area contributed by atoms with E-state index in [4.69, 9.17) is 14.3 Å². The van der Waals surface area contributed by atoms with Gasteiger partial charge in [-0.25, -0.2) is 13.7 Å². The van der Waals surface area contributed by atoms with Crippen LogP contribution in [0.2, 0.25) is 0 Å². The SMILES string of the molecule is O=P1(O)OP(=O)(O)OP(=O)(OCc2ccccc2)O1. The predicted molar refractivity (Wildman–Crippen MR) is 61.7 cm³/mol. The lowest BCUT2D eigenvalue weighted by molar-refractivity contribution is 0.132. The molecule has 2 rings (SSSR count). The first-order chi connectivity index (χ1) is 8.70. The van der Waals surface area contributed by atoms with Crippen LogP contribution in [-0.2, 0) is 37.8 Å². The van der Waals surface area contributed by atoms with Crippen LogP contribution in [0.25, 0.3) is 0 Å². The standard InChI is InChI=1S/C7H9O9P3/c8-17(9)14-18(10,11)16-19(12,15-17)13-6-7-4-2-1-3-5-7/h1-5H,6H2,(H,8,9)(H,10,11). The zero-order chi connectivity index (χ0) is 14.1. The van der Waals surface area contributed by atoms with Crippen molar-refractivity contribution < 1.29 is 40.9 Å². The summed E-state index contributed by atoms with van der Waals surface area (Å²) < 4.78 is 50.7. The topological polar surface area (TPSA) is 129 Å². The van der Waals surface area contributed by atoms with E-state index in [9.17, 15) is 13.7 Å². The van der Waals surface area contributed by atoms with E-state index < -0.39 is 23.5 Å². The van der Waals surface area contributed by atoms with E-state index in [-0.39, 0.29) is 6.61 Å². The van der Waals surface area contributed by atoms with Crippen molar-refractivity contribution >= 4 is 23.5 Å². The Hall–Kier alpha value is -0.330. The third-order valence-electron chi connectivity index (χ3n) is 1.84. The molecule has 1 heterocycles. The van der Waals surface area contributed by atoms with Gasteiger partial charge in [0.1, 0.15) is 0 Å². The van der Waals surface area contributed by atoms with Gasteiger partial charge in [0.05, 0.1) is 6.61 Å². The highest BCUT2D eigenvalue weighted by atomic mass is 31.3. The van der Waals surface area contributed by atoms with Crippen LogP contribution in [0.5, 0.6) is 0 Å². The fraction of sp³-hybridized carbons (Fsp3) is 0.143. The largest absolute Gasteiger partial charge is 0.492 e. The minimum atomic E-state index is -4.98. The number of phosphoric acid groups is 3. The second kappa shape index (κ2) is 5.22. The molecule has 0 aromatic heterocycles. The molecule has 0 radical (unpaired) electrons. The Kier molecular flexibility index (Phi) is 4.14. The normalized spacial score (nSPS) is 39.1. The van der Waals surface area contributed by atoms with Crippen molar-refractivity contribution in [1.82, 2.24) is 0 Å². The van der Waals surface area contributed by atoms with Crippen LogP contribution < -0.4 is 0 Å². The van der Waals surface area contributed by atoms with Gasteiger partial charge in [0, 0.05) is 0 Å². The first-order valence-electron chi connectivity index (χ1n) is 4.78. The molecule has 0 amide bonds. The zero-order valence-corrected chi connectivity index (χ0v) is 11.9. The summed E-state index contributed by atoms with van der Waals surface area (Å²) in [7, 11) is -14.6. The van der Waals surface area contributed by atoms with Crippen LogP contribution in [0.1, 0.15) is 5.56 Å². The average Bonchev–Trinajstić information content (AvgIpc) is 2.23. The van der Waals surface area contributed by atoms with Crippen molar-refractivity contribution in [2.45, 2.75) is 6.61 Å². The molecule has 1 aliphatic rings. The van der Waals surface area contributed by atoms with Gasteiger partial charge in [0.25, 0.3) is 0 Å². The van der Waals surface area contributed by atoms with Crippen LogP contribution in [0.15, 0.2) is 30.3 Å². The molecule has 0 spiro atoms. The summed E-state index contributed by atoms with van der Waals surface area (Å²) >= 11 is 0. The number of benzene rings is 1. The molecule has 0 saturated carbocycles. The molecule has 2 N–H and O–H groups in total. The summed E-state index contributed by atoms with van der Waals surface area (Å²) in [5.74, 6) is 0. The van der Waals surface area contributed by atoms with Crippen molar-refractivity contribution in [3.05, 3.63) is 35.9 Å². The minimum absolute atomic E-state index is 0.307. The Bertz CT molecular complexity index is 571. The molecule has 0 bridgehead atoms. The third-order valence-corrected chi connectivity index (χ3v) is 7.19. The Morgan fingerprint density at radius 3 is 2.00 bits per heavy atom. The van der Waals surface area contributed by atoms with Crippen molar-refractivity contribution in [1.29, 1.82) is 0 Å².